The minimum absolute atomic E-state index is 0.0119. The second-order valence-electron chi connectivity index (χ2n) is 13.4. The molecule has 1 unspecified atom stereocenters. The number of rotatable bonds is 5. The van der Waals surface area contributed by atoms with E-state index in [-0.39, 0.29) is 11.2 Å². The molecule has 3 saturated carbocycles. The first-order valence-corrected chi connectivity index (χ1v) is 13.4. The van der Waals surface area contributed by atoms with Crippen LogP contribution in [-0.4, -0.2) is 17.0 Å². The van der Waals surface area contributed by atoms with E-state index < -0.39 is 11.5 Å². The van der Waals surface area contributed by atoms with Gasteiger partial charge < -0.3 is 5.11 Å². The second kappa shape index (κ2) is 8.00. The van der Waals surface area contributed by atoms with Gasteiger partial charge in [0.25, 0.3) is 0 Å². The highest BCUT2D eigenvalue weighted by Gasteiger charge is 2.62. The normalized spacial score (nSPS) is 45.0. The fourth-order valence-electron chi connectivity index (χ4n) is 9.39. The van der Waals surface area contributed by atoms with E-state index in [1.54, 1.807) is 0 Å². The third-order valence-electron chi connectivity index (χ3n) is 10.9. The maximum atomic E-state index is 12.8. The first-order valence-electron chi connectivity index (χ1n) is 13.4. The van der Waals surface area contributed by atoms with Crippen LogP contribution in [-0.2, 0) is 4.79 Å². The molecular formula is C29H48O2. The standard InChI is InChI=1S/C29H48O2/c1-18(2)9-8-10-19(3)21-12-13-22-20-11-14-25-27(4,5)26(31)24(30)17-29(25,7)23(20)15-16-28(21,22)6/h14,18-24,30H,8-13,15-17H2,1-7H3/t19-,20+,21-,22+,23+,24?,28-,29-/m1/s1. The van der Waals surface area contributed by atoms with Crippen molar-refractivity contribution < 1.29 is 9.90 Å². The van der Waals surface area contributed by atoms with E-state index in [4.69, 9.17) is 0 Å². The fourth-order valence-corrected chi connectivity index (χ4v) is 9.39. The topological polar surface area (TPSA) is 37.3 Å². The second-order valence-corrected chi connectivity index (χ2v) is 13.4. The molecule has 4 aliphatic rings. The molecule has 0 aromatic rings. The summed E-state index contributed by atoms with van der Waals surface area (Å²) in [5.41, 5.74) is 1.30. The Morgan fingerprint density at radius 2 is 1.74 bits per heavy atom. The van der Waals surface area contributed by atoms with E-state index in [1.807, 2.05) is 0 Å². The van der Waals surface area contributed by atoms with Crippen LogP contribution in [0.3, 0.4) is 0 Å². The molecule has 1 N–H and O–H groups in total. The molecule has 0 spiro atoms. The zero-order chi connectivity index (χ0) is 22.8. The SMILES string of the molecule is CC(C)CCC[C@@H](C)[C@H]1CC[C@H]2[C@@H]3CC=C4C(C)(C)C(=O)C(O)C[C@]4(C)[C@H]3CC[C@]12C. The maximum Gasteiger partial charge on any atom is 0.170 e. The number of carbonyl (C=O) groups is 1. The molecule has 0 bridgehead atoms. The number of allylic oxidation sites excluding steroid dienone is 2. The lowest BCUT2D eigenvalue weighted by Gasteiger charge is -2.60. The van der Waals surface area contributed by atoms with E-state index in [2.05, 4.69) is 54.5 Å². The van der Waals surface area contributed by atoms with E-state index >= 15 is 0 Å². The van der Waals surface area contributed by atoms with E-state index in [1.165, 1.54) is 50.5 Å². The molecule has 0 aliphatic heterocycles. The van der Waals surface area contributed by atoms with Gasteiger partial charge in [-0.15, -0.1) is 0 Å². The van der Waals surface area contributed by atoms with Crippen LogP contribution in [0.15, 0.2) is 11.6 Å². The van der Waals surface area contributed by atoms with Crippen molar-refractivity contribution in [3.63, 3.8) is 0 Å². The molecule has 0 aromatic heterocycles. The number of hydrogen-bond acceptors (Lipinski definition) is 2. The summed E-state index contributed by atoms with van der Waals surface area (Å²) in [6, 6.07) is 0. The summed E-state index contributed by atoms with van der Waals surface area (Å²) in [6.45, 7) is 16.4. The van der Waals surface area contributed by atoms with Gasteiger partial charge in [-0.25, -0.2) is 0 Å². The summed E-state index contributed by atoms with van der Waals surface area (Å²) in [5, 5.41) is 10.7. The quantitative estimate of drug-likeness (QED) is 0.470. The monoisotopic (exact) mass is 428 g/mol. The van der Waals surface area contributed by atoms with Gasteiger partial charge >= 0.3 is 0 Å². The van der Waals surface area contributed by atoms with Crippen LogP contribution in [0.25, 0.3) is 0 Å². The van der Waals surface area contributed by atoms with Crippen LogP contribution in [0.1, 0.15) is 106 Å². The largest absolute Gasteiger partial charge is 0.385 e. The number of ketones is 1. The van der Waals surface area contributed by atoms with Crippen LogP contribution in [0.5, 0.6) is 0 Å². The number of aliphatic hydroxyl groups is 1. The Hall–Kier alpha value is -0.630. The number of fused-ring (bicyclic) bond motifs is 5. The smallest absolute Gasteiger partial charge is 0.170 e. The van der Waals surface area contributed by atoms with Crippen molar-refractivity contribution in [3.05, 3.63) is 11.6 Å². The molecule has 4 aliphatic carbocycles. The van der Waals surface area contributed by atoms with Gasteiger partial charge in [-0.3, -0.25) is 4.79 Å². The van der Waals surface area contributed by atoms with Crippen molar-refractivity contribution >= 4 is 5.78 Å². The van der Waals surface area contributed by atoms with Gasteiger partial charge in [0, 0.05) is 5.41 Å². The van der Waals surface area contributed by atoms with Gasteiger partial charge in [-0.05, 0) is 98.7 Å². The van der Waals surface area contributed by atoms with Gasteiger partial charge in [0.05, 0.1) is 0 Å². The first kappa shape index (κ1) is 23.5. The van der Waals surface area contributed by atoms with Crippen LogP contribution in [0.4, 0.5) is 0 Å². The molecule has 2 heteroatoms. The Morgan fingerprint density at radius 3 is 2.42 bits per heavy atom. The van der Waals surface area contributed by atoms with Gasteiger partial charge in [0.1, 0.15) is 6.10 Å². The van der Waals surface area contributed by atoms with Crippen molar-refractivity contribution in [1.29, 1.82) is 0 Å². The van der Waals surface area contributed by atoms with Gasteiger partial charge in [0.15, 0.2) is 5.78 Å². The Bertz CT molecular complexity index is 733. The van der Waals surface area contributed by atoms with Crippen molar-refractivity contribution in [2.24, 2.45) is 51.8 Å². The number of Topliss-reactive ketones (excluding diaryl/α,β-unsaturated/α-hetero) is 1. The zero-order valence-electron chi connectivity index (χ0n) is 21.3. The minimum atomic E-state index is -0.790. The minimum Gasteiger partial charge on any atom is -0.385 e. The average Bonchev–Trinajstić information content (AvgIpc) is 3.03. The highest BCUT2D eigenvalue weighted by Crippen LogP contribution is 2.68. The van der Waals surface area contributed by atoms with E-state index in [0.29, 0.717) is 17.8 Å². The Kier molecular flexibility index (Phi) is 6.07. The summed E-state index contributed by atoms with van der Waals surface area (Å²) < 4.78 is 0. The molecule has 31 heavy (non-hydrogen) atoms. The fraction of sp³-hybridized carbons (Fsp3) is 0.897. The van der Waals surface area contributed by atoms with Crippen LogP contribution in [0, 0.1) is 51.8 Å². The van der Waals surface area contributed by atoms with Crippen LogP contribution >= 0.6 is 0 Å². The Labute approximate surface area is 191 Å². The molecule has 2 nitrogen and oxygen atoms in total. The number of aliphatic hydroxyl groups excluding tert-OH is 1. The molecule has 0 heterocycles. The van der Waals surface area contributed by atoms with Crippen LogP contribution in [0.2, 0.25) is 0 Å². The molecule has 3 fully saturated rings. The first-order chi connectivity index (χ1) is 14.4. The Morgan fingerprint density at radius 1 is 1.03 bits per heavy atom. The zero-order valence-corrected chi connectivity index (χ0v) is 21.3. The highest BCUT2D eigenvalue weighted by atomic mass is 16.3. The lowest BCUT2D eigenvalue weighted by Crippen LogP contribution is -2.57. The Balaban J connectivity index is 1.56. The third kappa shape index (κ3) is 3.58. The molecular weight excluding hydrogens is 380 g/mol. The lowest BCUT2D eigenvalue weighted by atomic mass is 9.44. The lowest BCUT2D eigenvalue weighted by molar-refractivity contribution is -0.145. The summed E-state index contributed by atoms with van der Waals surface area (Å²) in [5.74, 6) is 4.74. The van der Waals surface area contributed by atoms with Gasteiger partial charge in [-0.1, -0.05) is 65.5 Å². The summed E-state index contributed by atoms with van der Waals surface area (Å²) in [7, 11) is 0. The molecule has 4 rings (SSSR count). The molecule has 8 atom stereocenters. The number of hydrogen-bond donors (Lipinski definition) is 1. The average molecular weight is 429 g/mol. The number of carbonyl (C=O) groups excluding carboxylic acids is 1. The van der Waals surface area contributed by atoms with Gasteiger partial charge in [0.2, 0.25) is 0 Å². The summed E-state index contributed by atoms with van der Waals surface area (Å²) >= 11 is 0. The van der Waals surface area contributed by atoms with Crippen LogP contribution < -0.4 is 0 Å². The predicted molar refractivity (Wildman–Crippen MR) is 129 cm³/mol. The van der Waals surface area contributed by atoms with E-state index in [9.17, 15) is 9.90 Å². The van der Waals surface area contributed by atoms with Crippen molar-refractivity contribution in [1.82, 2.24) is 0 Å². The molecule has 176 valence electrons. The summed E-state index contributed by atoms with van der Waals surface area (Å²) in [6.07, 6.45) is 13.0. The third-order valence-corrected chi connectivity index (χ3v) is 10.9. The van der Waals surface area contributed by atoms with Crippen molar-refractivity contribution in [3.8, 4) is 0 Å². The maximum absolute atomic E-state index is 12.8. The van der Waals surface area contributed by atoms with E-state index in [0.717, 1.165) is 36.0 Å². The molecule has 0 radical (unpaired) electrons. The van der Waals surface area contributed by atoms with Crippen molar-refractivity contribution in [2.75, 3.05) is 0 Å². The predicted octanol–water partition coefficient (Wildman–Crippen LogP) is 7.20. The summed E-state index contributed by atoms with van der Waals surface area (Å²) in [4.78, 5) is 12.8. The van der Waals surface area contributed by atoms with Gasteiger partial charge in [-0.2, -0.15) is 0 Å². The molecule has 0 saturated heterocycles. The molecule has 0 aromatic carbocycles. The highest BCUT2D eigenvalue weighted by molar-refractivity contribution is 5.92. The van der Waals surface area contributed by atoms with Crippen molar-refractivity contribution in [2.45, 2.75) is 112 Å². The molecule has 0 amide bonds.